The summed E-state index contributed by atoms with van der Waals surface area (Å²) in [7, 11) is -0.641. The van der Waals surface area contributed by atoms with Gasteiger partial charge in [0, 0.05) is 33.8 Å². The third-order valence-electron chi connectivity index (χ3n) is 4.66. The van der Waals surface area contributed by atoms with Crippen LogP contribution in [0.1, 0.15) is 30.5 Å². The summed E-state index contributed by atoms with van der Waals surface area (Å²) in [5, 5.41) is 3.45. The predicted octanol–water partition coefficient (Wildman–Crippen LogP) is 2.47. The number of nitrogens with zero attached hydrogens (tertiary/aromatic N) is 1. The van der Waals surface area contributed by atoms with Crippen molar-refractivity contribution in [2.75, 3.05) is 31.6 Å². The molecule has 0 bridgehead atoms. The van der Waals surface area contributed by atoms with Gasteiger partial charge in [-0.1, -0.05) is 24.3 Å². The summed E-state index contributed by atoms with van der Waals surface area (Å²) in [6.07, 6.45) is 0.790. The monoisotopic (exact) mass is 404 g/mol. The van der Waals surface area contributed by atoms with Crippen molar-refractivity contribution >= 4 is 21.7 Å². The van der Waals surface area contributed by atoms with Crippen LogP contribution in [0.5, 0.6) is 5.75 Å². The number of esters is 1. The average molecular weight is 404 g/mol. The second kappa shape index (κ2) is 8.30. The van der Waals surface area contributed by atoms with E-state index in [1.165, 1.54) is 24.3 Å². The maximum Gasteiger partial charge on any atom is 0.308 e. The Morgan fingerprint density at radius 3 is 2.64 bits per heavy atom. The molecule has 0 aromatic heterocycles. The number of nitrogens with one attached hydrogen (secondary N) is 1. The highest BCUT2D eigenvalue weighted by molar-refractivity contribution is 7.92. The molecular weight excluding hydrogens is 380 g/mol. The molecule has 0 aliphatic carbocycles. The van der Waals surface area contributed by atoms with Crippen LogP contribution < -0.4 is 14.4 Å². The highest BCUT2D eigenvalue weighted by atomic mass is 32.2. The summed E-state index contributed by atoms with van der Waals surface area (Å²) in [6, 6.07) is 11.8. The van der Waals surface area contributed by atoms with Crippen molar-refractivity contribution in [2.24, 2.45) is 0 Å². The van der Waals surface area contributed by atoms with Crippen molar-refractivity contribution in [1.29, 1.82) is 0 Å². The molecule has 7 nitrogen and oxygen atoms in total. The zero-order valence-electron chi connectivity index (χ0n) is 16.1. The van der Waals surface area contributed by atoms with Gasteiger partial charge < -0.3 is 14.8 Å². The highest BCUT2D eigenvalue weighted by Crippen LogP contribution is 2.41. The number of anilines is 1. The van der Waals surface area contributed by atoms with Crippen LogP contribution in [0.3, 0.4) is 0 Å². The second-order valence-electron chi connectivity index (χ2n) is 6.56. The van der Waals surface area contributed by atoms with E-state index in [0.29, 0.717) is 24.4 Å². The molecule has 0 fully saturated rings. The Kier molecular flexibility index (Phi) is 6.02. The summed E-state index contributed by atoms with van der Waals surface area (Å²) in [5.74, 6) is -0.302. The third kappa shape index (κ3) is 3.89. The molecule has 28 heavy (non-hydrogen) atoms. The first kappa shape index (κ1) is 20.3. The highest BCUT2D eigenvalue weighted by Gasteiger charge is 2.35. The Morgan fingerprint density at radius 1 is 1.18 bits per heavy atom. The number of ether oxygens (including phenoxy) is 2. The SMILES string of the molecule is COCCCNC1c2ccccc2N(C)S(=O)(=O)c2cc(OC(C)=O)ccc21. The molecule has 8 heteroatoms. The predicted molar refractivity (Wildman–Crippen MR) is 106 cm³/mol. The van der Waals surface area contributed by atoms with E-state index in [4.69, 9.17) is 9.47 Å². The van der Waals surface area contributed by atoms with Crippen molar-refractivity contribution in [3.05, 3.63) is 53.6 Å². The Labute approximate surface area is 165 Å². The molecule has 1 N–H and O–H groups in total. The summed E-state index contributed by atoms with van der Waals surface area (Å²) >= 11 is 0. The molecule has 1 atom stereocenters. The normalized spacial score (nSPS) is 17.4. The lowest BCUT2D eigenvalue weighted by Crippen LogP contribution is -2.26. The van der Waals surface area contributed by atoms with Crippen molar-refractivity contribution in [1.82, 2.24) is 5.32 Å². The van der Waals surface area contributed by atoms with Gasteiger partial charge in [0.1, 0.15) is 5.75 Å². The quantitative estimate of drug-likeness (QED) is 0.452. The summed E-state index contributed by atoms with van der Waals surface area (Å²) in [6.45, 7) is 2.54. The van der Waals surface area contributed by atoms with Crippen LogP contribution in [0.15, 0.2) is 47.4 Å². The Bertz CT molecular complexity index is 974. The number of carbonyl (C=O) groups excluding carboxylic acids is 1. The Balaban J connectivity index is 2.14. The minimum absolute atomic E-state index is 0.120. The lowest BCUT2D eigenvalue weighted by atomic mass is 9.96. The number of hydrogen-bond acceptors (Lipinski definition) is 6. The second-order valence-corrected chi connectivity index (χ2v) is 8.50. The fourth-order valence-electron chi connectivity index (χ4n) is 3.35. The van der Waals surface area contributed by atoms with Crippen molar-refractivity contribution in [3.8, 4) is 5.75 Å². The number of rotatable bonds is 6. The van der Waals surface area contributed by atoms with Gasteiger partial charge in [-0.15, -0.1) is 0 Å². The van der Waals surface area contributed by atoms with Crippen LogP contribution in [-0.2, 0) is 19.6 Å². The lowest BCUT2D eigenvalue weighted by Gasteiger charge is -2.22. The van der Waals surface area contributed by atoms with Gasteiger partial charge in [0.25, 0.3) is 10.0 Å². The molecule has 1 unspecified atom stereocenters. The van der Waals surface area contributed by atoms with Crippen LogP contribution in [0.25, 0.3) is 0 Å². The zero-order valence-corrected chi connectivity index (χ0v) is 17.0. The molecule has 0 saturated heterocycles. The molecular formula is C20H24N2O5S. The molecule has 3 rings (SSSR count). The van der Waals surface area contributed by atoms with E-state index in [1.807, 2.05) is 18.2 Å². The number of methoxy groups -OCH3 is 1. The maximum absolute atomic E-state index is 13.3. The van der Waals surface area contributed by atoms with Gasteiger partial charge in [-0.2, -0.15) is 0 Å². The minimum Gasteiger partial charge on any atom is -0.427 e. The fraction of sp³-hybridized carbons (Fsp3) is 0.350. The van der Waals surface area contributed by atoms with Gasteiger partial charge in [-0.25, -0.2) is 8.42 Å². The number of carbonyl (C=O) groups is 1. The molecule has 2 aromatic carbocycles. The first-order valence-electron chi connectivity index (χ1n) is 8.99. The van der Waals surface area contributed by atoms with E-state index in [-0.39, 0.29) is 16.7 Å². The number of fused-ring (bicyclic) bond motifs is 2. The van der Waals surface area contributed by atoms with E-state index in [2.05, 4.69) is 5.32 Å². The molecule has 1 aliphatic heterocycles. The van der Waals surface area contributed by atoms with Crippen LogP contribution in [-0.4, -0.2) is 41.7 Å². The van der Waals surface area contributed by atoms with E-state index >= 15 is 0 Å². The van der Waals surface area contributed by atoms with Crippen LogP contribution in [0.4, 0.5) is 5.69 Å². The molecule has 150 valence electrons. The third-order valence-corrected chi connectivity index (χ3v) is 6.48. The van der Waals surface area contributed by atoms with Gasteiger partial charge >= 0.3 is 5.97 Å². The minimum atomic E-state index is -3.82. The molecule has 0 radical (unpaired) electrons. The lowest BCUT2D eigenvalue weighted by molar-refractivity contribution is -0.131. The van der Waals surface area contributed by atoms with Gasteiger partial charge in [0.15, 0.2) is 0 Å². The van der Waals surface area contributed by atoms with Crippen molar-refractivity contribution in [2.45, 2.75) is 24.3 Å². The van der Waals surface area contributed by atoms with Crippen LogP contribution in [0, 0.1) is 0 Å². The van der Waals surface area contributed by atoms with Crippen LogP contribution in [0.2, 0.25) is 0 Å². The van der Waals surface area contributed by atoms with E-state index in [1.54, 1.807) is 25.3 Å². The summed E-state index contributed by atoms with van der Waals surface area (Å²) < 4.78 is 38.1. The van der Waals surface area contributed by atoms with E-state index < -0.39 is 16.0 Å². The number of hydrogen-bond donors (Lipinski definition) is 1. The number of para-hydroxylation sites is 1. The molecule has 2 aromatic rings. The van der Waals surface area contributed by atoms with Gasteiger partial charge in [-0.05, 0) is 36.2 Å². The molecule has 0 saturated carbocycles. The Hall–Kier alpha value is -2.42. The van der Waals surface area contributed by atoms with Crippen molar-refractivity contribution < 1.29 is 22.7 Å². The largest absolute Gasteiger partial charge is 0.427 e. The van der Waals surface area contributed by atoms with Crippen LogP contribution >= 0.6 is 0 Å². The molecule has 1 heterocycles. The van der Waals surface area contributed by atoms with Gasteiger partial charge in [-0.3, -0.25) is 9.10 Å². The van der Waals surface area contributed by atoms with Gasteiger partial charge in [0.05, 0.1) is 16.6 Å². The van der Waals surface area contributed by atoms with E-state index in [9.17, 15) is 13.2 Å². The first-order chi connectivity index (χ1) is 13.4. The van der Waals surface area contributed by atoms with Crippen molar-refractivity contribution in [3.63, 3.8) is 0 Å². The summed E-state index contributed by atoms with van der Waals surface area (Å²) in [5.41, 5.74) is 2.09. The zero-order chi connectivity index (χ0) is 20.3. The smallest absolute Gasteiger partial charge is 0.308 e. The molecule has 0 amide bonds. The first-order valence-corrected chi connectivity index (χ1v) is 10.4. The van der Waals surface area contributed by atoms with Gasteiger partial charge in [0.2, 0.25) is 0 Å². The Morgan fingerprint density at radius 2 is 1.93 bits per heavy atom. The molecule has 1 aliphatic rings. The number of sulfonamides is 1. The standard InChI is InChI=1S/C20H24N2O5S/c1-14(23)27-15-9-10-17-19(13-15)28(24,25)22(2)18-8-5-4-7-16(18)20(17)21-11-6-12-26-3/h4-5,7-10,13,20-21H,6,11-12H2,1-3H3. The summed E-state index contributed by atoms with van der Waals surface area (Å²) in [4.78, 5) is 11.4. The topological polar surface area (TPSA) is 84.9 Å². The van der Waals surface area contributed by atoms with E-state index in [0.717, 1.165) is 12.0 Å². The fourth-order valence-corrected chi connectivity index (χ4v) is 4.82. The number of benzene rings is 2. The average Bonchev–Trinajstić information content (AvgIpc) is 2.73. The molecule has 0 spiro atoms. The maximum atomic E-state index is 13.3.